The molecule has 0 fully saturated rings. The number of carbonyl (C=O) groups excluding carboxylic acids is 1. The summed E-state index contributed by atoms with van der Waals surface area (Å²) in [5.74, 6) is -0.0686. The maximum Gasteiger partial charge on any atom is 0.193 e. The molecule has 2 rings (SSSR count). The van der Waals surface area contributed by atoms with Crippen LogP contribution in [0.25, 0.3) is 0 Å². The number of rotatable bonds is 2. The lowest BCUT2D eigenvalue weighted by Crippen LogP contribution is -2.02. The largest absolute Gasteiger partial charge is 0.398 e. The first-order valence-electron chi connectivity index (χ1n) is 4.93. The average Bonchev–Trinajstić information content (AvgIpc) is 2.33. The molecule has 0 heterocycles. The van der Waals surface area contributed by atoms with Crippen LogP contribution in [-0.2, 0) is 0 Å². The van der Waals surface area contributed by atoms with E-state index in [0.29, 0.717) is 21.8 Å². The lowest BCUT2D eigenvalue weighted by Gasteiger charge is -2.04. The van der Waals surface area contributed by atoms with Gasteiger partial charge in [0.2, 0.25) is 0 Å². The van der Waals surface area contributed by atoms with Crippen LogP contribution in [0, 0.1) is 0 Å². The minimum absolute atomic E-state index is 0.0686. The smallest absolute Gasteiger partial charge is 0.193 e. The van der Waals surface area contributed by atoms with Crippen molar-refractivity contribution in [1.29, 1.82) is 0 Å². The maximum atomic E-state index is 12.1. The summed E-state index contributed by atoms with van der Waals surface area (Å²) >= 11 is 9.06. The van der Waals surface area contributed by atoms with E-state index in [0.717, 1.165) is 4.47 Å². The van der Waals surface area contributed by atoms with Gasteiger partial charge in [0.05, 0.1) is 0 Å². The summed E-state index contributed by atoms with van der Waals surface area (Å²) in [6, 6.07) is 11.9. The van der Waals surface area contributed by atoms with E-state index in [4.69, 9.17) is 17.3 Å². The third kappa shape index (κ3) is 2.68. The van der Waals surface area contributed by atoms with Crippen LogP contribution in [0.2, 0.25) is 5.02 Å². The number of hydrogen-bond donors (Lipinski definition) is 1. The highest BCUT2D eigenvalue weighted by Crippen LogP contribution is 2.22. The van der Waals surface area contributed by atoms with Crippen LogP contribution < -0.4 is 5.73 Å². The first-order chi connectivity index (χ1) is 8.08. The number of carbonyl (C=O) groups is 1. The molecule has 0 atom stereocenters. The van der Waals surface area contributed by atoms with Crippen LogP contribution in [0.1, 0.15) is 15.9 Å². The summed E-state index contributed by atoms with van der Waals surface area (Å²) in [5.41, 5.74) is 7.44. The summed E-state index contributed by atoms with van der Waals surface area (Å²) in [6.45, 7) is 0. The van der Waals surface area contributed by atoms with Crippen molar-refractivity contribution >= 4 is 39.0 Å². The predicted octanol–water partition coefficient (Wildman–Crippen LogP) is 3.92. The number of hydrogen-bond acceptors (Lipinski definition) is 2. The van der Waals surface area contributed by atoms with E-state index < -0.39 is 0 Å². The molecule has 0 aliphatic heterocycles. The molecule has 0 unspecified atom stereocenters. The number of benzene rings is 2. The van der Waals surface area contributed by atoms with E-state index in [1.54, 1.807) is 42.5 Å². The van der Waals surface area contributed by atoms with Gasteiger partial charge in [0, 0.05) is 26.3 Å². The third-order valence-corrected chi connectivity index (χ3v) is 3.34. The Bertz CT molecular complexity index is 566. The number of ketones is 1. The molecule has 2 aromatic carbocycles. The van der Waals surface area contributed by atoms with Crippen LogP contribution >= 0.6 is 27.5 Å². The average molecular weight is 311 g/mol. The van der Waals surface area contributed by atoms with E-state index in [-0.39, 0.29) is 5.78 Å². The second-order valence-corrected chi connectivity index (χ2v) is 4.86. The number of nitrogens with two attached hydrogens (primary N) is 1. The van der Waals surface area contributed by atoms with E-state index >= 15 is 0 Å². The van der Waals surface area contributed by atoms with Gasteiger partial charge in [-0.3, -0.25) is 4.79 Å². The first kappa shape index (κ1) is 12.1. The van der Waals surface area contributed by atoms with Crippen molar-refractivity contribution in [2.24, 2.45) is 0 Å². The van der Waals surface area contributed by atoms with Crippen LogP contribution in [0.3, 0.4) is 0 Å². The molecule has 17 heavy (non-hydrogen) atoms. The molecule has 0 spiro atoms. The lowest BCUT2D eigenvalue weighted by atomic mass is 10.0. The van der Waals surface area contributed by atoms with Gasteiger partial charge in [-0.25, -0.2) is 0 Å². The normalized spacial score (nSPS) is 10.2. The zero-order chi connectivity index (χ0) is 12.4. The molecule has 0 amide bonds. The molecular weight excluding hydrogens is 302 g/mol. The SMILES string of the molecule is Nc1cc(C(=O)c2ccc(Cl)cc2)ccc1Br. The molecule has 4 heteroatoms. The second-order valence-electron chi connectivity index (χ2n) is 3.57. The second kappa shape index (κ2) is 4.90. The standard InChI is InChI=1S/C13H9BrClNO/c14-11-6-3-9(7-12(11)16)13(17)8-1-4-10(15)5-2-8/h1-7H,16H2. The van der Waals surface area contributed by atoms with Gasteiger partial charge in [0.1, 0.15) is 0 Å². The monoisotopic (exact) mass is 309 g/mol. The number of halogens is 2. The summed E-state index contributed by atoms with van der Waals surface area (Å²) in [7, 11) is 0. The van der Waals surface area contributed by atoms with E-state index in [1.807, 2.05) is 0 Å². The Hall–Kier alpha value is -1.32. The van der Waals surface area contributed by atoms with Crippen LogP contribution in [0.15, 0.2) is 46.9 Å². The fraction of sp³-hybridized carbons (Fsp3) is 0. The molecule has 86 valence electrons. The van der Waals surface area contributed by atoms with Crippen molar-refractivity contribution in [2.45, 2.75) is 0 Å². The Balaban J connectivity index is 2.37. The molecule has 0 radical (unpaired) electrons. The van der Waals surface area contributed by atoms with Crippen molar-refractivity contribution in [3.8, 4) is 0 Å². The highest BCUT2D eigenvalue weighted by Gasteiger charge is 2.09. The van der Waals surface area contributed by atoms with Crippen molar-refractivity contribution in [3.05, 3.63) is 63.1 Å². The molecule has 2 nitrogen and oxygen atoms in total. The van der Waals surface area contributed by atoms with Gasteiger partial charge in [-0.2, -0.15) is 0 Å². The van der Waals surface area contributed by atoms with Gasteiger partial charge in [0.15, 0.2) is 5.78 Å². The highest BCUT2D eigenvalue weighted by molar-refractivity contribution is 9.10. The van der Waals surface area contributed by atoms with Crippen LogP contribution in [-0.4, -0.2) is 5.78 Å². The fourth-order valence-electron chi connectivity index (χ4n) is 1.45. The van der Waals surface area contributed by atoms with Gasteiger partial charge in [-0.05, 0) is 58.4 Å². The number of nitrogen functional groups attached to an aromatic ring is 1. The Morgan fingerprint density at radius 3 is 2.24 bits per heavy atom. The van der Waals surface area contributed by atoms with Gasteiger partial charge >= 0.3 is 0 Å². The van der Waals surface area contributed by atoms with Crippen molar-refractivity contribution in [2.75, 3.05) is 5.73 Å². The van der Waals surface area contributed by atoms with Gasteiger partial charge in [0.25, 0.3) is 0 Å². The third-order valence-electron chi connectivity index (χ3n) is 2.36. The van der Waals surface area contributed by atoms with Crippen molar-refractivity contribution in [3.63, 3.8) is 0 Å². The Morgan fingerprint density at radius 2 is 1.65 bits per heavy atom. The fourth-order valence-corrected chi connectivity index (χ4v) is 1.83. The van der Waals surface area contributed by atoms with Crippen LogP contribution in [0.5, 0.6) is 0 Å². The lowest BCUT2D eigenvalue weighted by molar-refractivity contribution is 0.103. The number of anilines is 1. The molecule has 0 aliphatic rings. The van der Waals surface area contributed by atoms with E-state index in [9.17, 15) is 4.79 Å². The highest BCUT2D eigenvalue weighted by atomic mass is 79.9. The maximum absolute atomic E-state index is 12.1. The zero-order valence-electron chi connectivity index (χ0n) is 8.78. The zero-order valence-corrected chi connectivity index (χ0v) is 11.1. The molecule has 0 aliphatic carbocycles. The predicted molar refractivity (Wildman–Crippen MR) is 73.4 cm³/mol. The molecule has 0 saturated carbocycles. The molecule has 0 saturated heterocycles. The Labute approximate surface area is 113 Å². The molecule has 0 aromatic heterocycles. The Kier molecular flexibility index (Phi) is 3.50. The van der Waals surface area contributed by atoms with Crippen molar-refractivity contribution in [1.82, 2.24) is 0 Å². The van der Waals surface area contributed by atoms with Gasteiger partial charge < -0.3 is 5.73 Å². The first-order valence-corrected chi connectivity index (χ1v) is 6.10. The molecule has 0 bridgehead atoms. The van der Waals surface area contributed by atoms with E-state index in [2.05, 4.69) is 15.9 Å². The summed E-state index contributed by atoms with van der Waals surface area (Å²) in [5, 5.41) is 0.608. The summed E-state index contributed by atoms with van der Waals surface area (Å²) in [6.07, 6.45) is 0. The summed E-state index contributed by atoms with van der Waals surface area (Å²) in [4.78, 5) is 12.1. The minimum Gasteiger partial charge on any atom is -0.398 e. The Morgan fingerprint density at radius 1 is 1.06 bits per heavy atom. The van der Waals surface area contributed by atoms with Crippen molar-refractivity contribution < 1.29 is 4.79 Å². The summed E-state index contributed by atoms with van der Waals surface area (Å²) < 4.78 is 0.783. The molecule has 2 N–H and O–H groups in total. The van der Waals surface area contributed by atoms with Gasteiger partial charge in [-0.1, -0.05) is 11.6 Å². The quantitative estimate of drug-likeness (QED) is 0.675. The topological polar surface area (TPSA) is 43.1 Å². The van der Waals surface area contributed by atoms with Gasteiger partial charge in [-0.15, -0.1) is 0 Å². The van der Waals surface area contributed by atoms with Crippen LogP contribution in [0.4, 0.5) is 5.69 Å². The van der Waals surface area contributed by atoms with E-state index in [1.165, 1.54) is 0 Å². The molecule has 2 aromatic rings. The molecular formula is C13H9BrClNO. The minimum atomic E-state index is -0.0686.